The van der Waals surface area contributed by atoms with Crippen molar-refractivity contribution in [2.45, 2.75) is 25.3 Å². The molecular weight excluding hydrogens is 260 g/mol. The smallest absolute Gasteiger partial charge is 0.292 e. The SMILES string of the molecule is NC(=O)c1ccc([N+](=O)[O-])c(NCC[C@@H]2CCCN2)c1. The van der Waals surface area contributed by atoms with Crippen molar-refractivity contribution >= 4 is 17.3 Å². The van der Waals surface area contributed by atoms with Gasteiger partial charge in [-0.05, 0) is 37.9 Å². The van der Waals surface area contributed by atoms with Gasteiger partial charge in [-0.2, -0.15) is 0 Å². The van der Waals surface area contributed by atoms with Gasteiger partial charge in [-0.3, -0.25) is 14.9 Å². The van der Waals surface area contributed by atoms with E-state index in [1.807, 2.05) is 0 Å². The van der Waals surface area contributed by atoms with Gasteiger partial charge in [0.2, 0.25) is 5.91 Å². The van der Waals surface area contributed by atoms with Crippen LogP contribution in [0.25, 0.3) is 0 Å². The highest BCUT2D eigenvalue weighted by atomic mass is 16.6. The van der Waals surface area contributed by atoms with Gasteiger partial charge < -0.3 is 16.4 Å². The Morgan fingerprint density at radius 3 is 2.95 bits per heavy atom. The van der Waals surface area contributed by atoms with Crippen LogP contribution in [-0.2, 0) is 0 Å². The molecule has 2 rings (SSSR count). The van der Waals surface area contributed by atoms with Gasteiger partial charge in [0.15, 0.2) is 0 Å². The molecule has 108 valence electrons. The number of primary amides is 1. The third kappa shape index (κ3) is 3.45. The van der Waals surface area contributed by atoms with E-state index in [1.165, 1.54) is 24.6 Å². The molecule has 7 nitrogen and oxygen atoms in total. The van der Waals surface area contributed by atoms with E-state index in [4.69, 9.17) is 5.73 Å². The molecule has 1 aliphatic rings. The molecule has 1 atom stereocenters. The molecule has 0 bridgehead atoms. The Bertz CT molecular complexity index is 512. The summed E-state index contributed by atoms with van der Waals surface area (Å²) >= 11 is 0. The summed E-state index contributed by atoms with van der Waals surface area (Å²) in [5, 5.41) is 17.3. The fourth-order valence-corrected chi connectivity index (χ4v) is 2.37. The van der Waals surface area contributed by atoms with Gasteiger partial charge in [0.05, 0.1) is 4.92 Å². The van der Waals surface area contributed by atoms with Crippen molar-refractivity contribution in [1.82, 2.24) is 5.32 Å². The van der Waals surface area contributed by atoms with Crippen LogP contribution in [0, 0.1) is 10.1 Å². The van der Waals surface area contributed by atoms with Gasteiger partial charge >= 0.3 is 0 Å². The molecule has 4 N–H and O–H groups in total. The summed E-state index contributed by atoms with van der Waals surface area (Å²) in [5.74, 6) is -0.597. The van der Waals surface area contributed by atoms with Gasteiger partial charge in [0.1, 0.15) is 5.69 Å². The largest absolute Gasteiger partial charge is 0.379 e. The Hall–Kier alpha value is -2.15. The lowest BCUT2D eigenvalue weighted by atomic mass is 10.1. The van der Waals surface area contributed by atoms with Crippen LogP contribution < -0.4 is 16.4 Å². The number of carbonyl (C=O) groups is 1. The summed E-state index contributed by atoms with van der Waals surface area (Å²) in [6.45, 7) is 1.64. The van der Waals surface area contributed by atoms with E-state index in [9.17, 15) is 14.9 Å². The maximum atomic E-state index is 11.1. The van der Waals surface area contributed by atoms with Crippen LogP contribution in [0.4, 0.5) is 11.4 Å². The summed E-state index contributed by atoms with van der Waals surface area (Å²) < 4.78 is 0. The average molecular weight is 278 g/mol. The highest BCUT2D eigenvalue weighted by Crippen LogP contribution is 2.25. The molecular formula is C13H18N4O3. The predicted molar refractivity (Wildman–Crippen MR) is 75.7 cm³/mol. The zero-order valence-corrected chi connectivity index (χ0v) is 11.1. The first kappa shape index (κ1) is 14.3. The molecule has 0 spiro atoms. The van der Waals surface area contributed by atoms with Crippen LogP contribution in [0.3, 0.4) is 0 Å². The summed E-state index contributed by atoms with van der Waals surface area (Å²) in [5.41, 5.74) is 5.74. The van der Waals surface area contributed by atoms with Gasteiger partial charge in [-0.1, -0.05) is 0 Å². The van der Waals surface area contributed by atoms with Crippen molar-refractivity contribution in [3.05, 3.63) is 33.9 Å². The first-order valence-electron chi connectivity index (χ1n) is 6.63. The fourth-order valence-electron chi connectivity index (χ4n) is 2.37. The Kier molecular flexibility index (Phi) is 4.52. The second-order valence-corrected chi connectivity index (χ2v) is 4.86. The number of amides is 1. The minimum atomic E-state index is -0.597. The minimum absolute atomic E-state index is 0.0469. The molecule has 0 unspecified atom stereocenters. The van der Waals surface area contributed by atoms with Crippen LogP contribution in [0.15, 0.2) is 18.2 Å². The van der Waals surface area contributed by atoms with E-state index >= 15 is 0 Å². The van der Waals surface area contributed by atoms with E-state index in [1.54, 1.807) is 0 Å². The zero-order chi connectivity index (χ0) is 14.5. The highest BCUT2D eigenvalue weighted by Gasteiger charge is 2.17. The quantitative estimate of drug-likeness (QED) is 0.535. The molecule has 1 aromatic carbocycles. The number of nitro benzene ring substituents is 1. The Balaban J connectivity index is 2.04. The first-order valence-corrected chi connectivity index (χ1v) is 6.63. The predicted octanol–water partition coefficient (Wildman–Crippen LogP) is 1.25. The number of nitrogens with one attached hydrogen (secondary N) is 2. The molecule has 20 heavy (non-hydrogen) atoms. The molecule has 1 fully saturated rings. The first-order chi connectivity index (χ1) is 9.58. The van der Waals surface area contributed by atoms with Gasteiger partial charge in [-0.25, -0.2) is 0 Å². The highest BCUT2D eigenvalue weighted by molar-refractivity contribution is 5.94. The third-order valence-electron chi connectivity index (χ3n) is 3.45. The Labute approximate surface area is 116 Å². The second-order valence-electron chi connectivity index (χ2n) is 4.86. The number of hydrogen-bond acceptors (Lipinski definition) is 5. The standard InChI is InChI=1S/C13H18N4O3/c14-13(18)9-3-4-12(17(19)20)11(8-9)16-7-5-10-2-1-6-15-10/h3-4,8,10,15-16H,1-2,5-7H2,(H2,14,18)/t10-/m0/s1. The summed E-state index contributed by atoms with van der Waals surface area (Å²) in [7, 11) is 0. The van der Waals surface area contributed by atoms with E-state index in [0.717, 1.165) is 19.4 Å². The molecule has 1 aromatic rings. The Morgan fingerprint density at radius 2 is 2.35 bits per heavy atom. The van der Waals surface area contributed by atoms with Crippen molar-refractivity contribution in [2.75, 3.05) is 18.4 Å². The second kappa shape index (κ2) is 6.33. The monoisotopic (exact) mass is 278 g/mol. The van der Waals surface area contributed by atoms with E-state index in [2.05, 4.69) is 10.6 Å². The number of benzene rings is 1. The van der Waals surface area contributed by atoms with Crippen LogP contribution >= 0.6 is 0 Å². The normalized spacial score (nSPS) is 17.9. The summed E-state index contributed by atoms with van der Waals surface area (Å²) in [6.07, 6.45) is 3.19. The zero-order valence-electron chi connectivity index (χ0n) is 11.1. The number of nitrogens with zero attached hydrogens (tertiary/aromatic N) is 1. The van der Waals surface area contributed by atoms with Crippen LogP contribution in [0.2, 0.25) is 0 Å². The van der Waals surface area contributed by atoms with Crippen LogP contribution in [-0.4, -0.2) is 30.0 Å². The van der Waals surface area contributed by atoms with Crippen molar-refractivity contribution in [2.24, 2.45) is 5.73 Å². The number of nitrogens with two attached hydrogens (primary N) is 1. The van der Waals surface area contributed by atoms with E-state index in [0.29, 0.717) is 18.3 Å². The molecule has 0 aromatic heterocycles. The number of nitro groups is 1. The molecule has 1 amide bonds. The molecule has 1 saturated heterocycles. The van der Waals surface area contributed by atoms with Crippen LogP contribution in [0.1, 0.15) is 29.6 Å². The molecule has 7 heteroatoms. The van der Waals surface area contributed by atoms with E-state index < -0.39 is 10.8 Å². The van der Waals surface area contributed by atoms with Crippen molar-refractivity contribution in [1.29, 1.82) is 0 Å². The maximum Gasteiger partial charge on any atom is 0.292 e. The number of hydrogen-bond donors (Lipinski definition) is 3. The average Bonchev–Trinajstić information content (AvgIpc) is 2.91. The lowest BCUT2D eigenvalue weighted by Crippen LogP contribution is -2.24. The molecule has 1 heterocycles. The van der Waals surface area contributed by atoms with Gasteiger partial charge in [-0.15, -0.1) is 0 Å². The van der Waals surface area contributed by atoms with Gasteiger partial charge in [0.25, 0.3) is 5.69 Å². The number of anilines is 1. The van der Waals surface area contributed by atoms with E-state index in [-0.39, 0.29) is 11.3 Å². The number of rotatable bonds is 6. The lowest BCUT2D eigenvalue weighted by molar-refractivity contribution is -0.384. The molecule has 0 saturated carbocycles. The molecule has 0 aliphatic carbocycles. The lowest BCUT2D eigenvalue weighted by Gasteiger charge is -2.12. The summed E-state index contributed by atoms with van der Waals surface area (Å²) in [4.78, 5) is 21.6. The molecule has 1 aliphatic heterocycles. The van der Waals surface area contributed by atoms with Crippen molar-refractivity contribution in [3.63, 3.8) is 0 Å². The van der Waals surface area contributed by atoms with Crippen molar-refractivity contribution < 1.29 is 9.72 Å². The Morgan fingerprint density at radius 1 is 1.55 bits per heavy atom. The topological polar surface area (TPSA) is 110 Å². The van der Waals surface area contributed by atoms with Gasteiger partial charge in [0, 0.05) is 24.2 Å². The third-order valence-corrected chi connectivity index (χ3v) is 3.45. The van der Waals surface area contributed by atoms with Crippen LogP contribution in [0.5, 0.6) is 0 Å². The van der Waals surface area contributed by atoms with Crippen molar-refractivity contribution in [3.8, 4) is 0 Å². The molecule has 0 radical (unpaired) electrons. The number of carbonyl (C=O) groups excluding carboxylic acids is 1. The summed E-state index contributed by atoms with van der Waals surface area (Å²) in [6, 6.07) is 4.56. The minimum Gasteiger partial charge on any atom is -0.379 e. The fraction of sp³-hybridized carbons (Fsp3) is 0.462. The maximum absolute atomic E-state index is 11.1.